The average Bonchev–Trinajstić information content (AvgIpc) is 3.17. The molecular formula is C19H15F5N4S. The van der Waals surface area contributed by atoms with Gasteiger partial charge in [0.15, 0.2) is 0 Å². The van der Waals surface area contributed by atoms with E-state index >= 15 is 0 Å². The summed E-state index contributed by atoms with van der Waals surface area (Å²) in [5.41, 5.74) is 0.920. The molecule has 1 saturated heterocycles. The predicted octanol–water partition coefficient (Wildman–Crippen LogP) is 4.22. The summed E-state index contributed by atoms with van der Waals surface area (Å²) in [5, 5.41) is 2.67. The molecule has 0 spiro atoms. The molecule has 10 heteroatoms. The maximum atomic E-state index is 13.9. The predicted molar refractivity (Wildman–Crippen MR) is 99.1 cm³/mol. The van der Waals surface area contributed by atoms with Crippen LogP contribution < -0.4 is 4.90 Å². The van der Waals surface area contributed by atoms with Crippen LogP contribution in [0.1, 0.15) is 5.69 Å². The highest BCUT2D eigenvalue weighted by Gasteiger charge is 2.28. The van der Waals surface area contributed by atoms with Crippen LogP contribution in [0.5, 0.6) is 0 Å². The minimum atomic E-state index is -1.66. The van der Waals surface area contributed by atoms with Crippen LogP contribution in [0.15, 0.2) is 29.6 Å². The second kappa shape index (κ2) is 8.03. The van der Waals surface area contributed by atoms with Gasteiger partial charge in [-0.15, -0.1) is 11.3 Å². The first-order valence-electron chi connectivity index (χ1n) is 8.80. The molecule has 0 saturated carbocycles. The van der Waals surface area contributed by atoms with Crippen LogP contribution in [0, 0.1) is 29.3 Å². The third-order valence-electron chi connectivity index (χ3n) is 4.69. The lowest BCUT2D eigenvalue weighted by molar-refractivity contribution is 0.245. The molecule has 2 aromatic heterocycles. The fraction of sp³-hybridized carbons (Fsp3) is 0.263. The molecule has 4 nitrogen and oxygen atoms in total. The highest BCUT2D eigenvalue weighted by Crippen LogP contribution is 2.28. The van der Waals surface area contributed by atoms with Gasteiger partial charge in [0.25, 0.3) is 11.9 Å². The molecule has 3 aromatic rings. The Bertz CT molecular complexity index is 990. The summed E-state index contributed by atoms with van der Waals surface area (Å²) < 4.78 is 67.6. The van der Waals surface area contributed by atoms with E-state index < -0.39 is 29.2 Å². The highest BCUT2D eigenvalue weighted by molar-refractivity contribution is 7.13. The summed E-state index contributed by atoms with van der Waals surface area (Å²) in [5.74, 6) is -6.60. The number of anilines is 1. The van der Waals surface area contributed by atoms with E-state index in [1.54, 1.807) is 12.1 Å². The van der Waals surface area contributed by atoms with Gasteiger partial charge in [-0.05, 0) is 24.3 Å². The van der Waals surface area contributed by atoms with Crippen molar-refractivity contribution >= 4 is 17.0 Å². The number of benzene rings is 1. The topological polar surface area (TPSA) is 32.3 Å². The van der Waals surface area contributed by atoms with E-state index in [1.165, 1.54) is 28.4 Å². The number of hydrogen-bond donors (Lipinski definition) is 0. The lowest BCUT2D eigenvalue weighted by Gasteiger charge is -2.35. The minimum absolute atomic E-state index is 0.200. The zero-order valence-corrected chi connectivity index (χ0v) is 15.8. The molecule has 0 N–H and O–H groups in total. The third kappa shape index (κ3) is 4.08. The summed E-state index contributed by atoms with van der Waals surface area (Å²) in [4.78, 5) is 10.4. The zero-order chi connectivity index (χ0) is 20.5. The molecule has 1 fully saturated rings. The van der Waals surface area contributed by atoms with Crippen molar-refractivity contribution in [3.63, 3.8) is 0 Å². The maximum Gasteiger partial charge on any atom is 0.253 e. The van der Waals surface area contributed by atoms with Crippen LogP contribution in [-0.4, -0.2) is 41.0 Å². The molecule has 0 aliphatic carbocycles. The first-order chi connectivity index (χ1) is 13.9. The van der Waals surface area contributed by atoms with Crippen molar-refractivity contribution in [2.45, 2.75) is 6.54 Å². The van der Waals surface area contributed by atoms with Gasteiger partial charge in [0, 0.05) is 43.7 Å². The van der Waals surface area contributed by atoms with E-state index in [0.29, 0.717) is 19.6 Å². The van der Waals surface area contributed by atoms with E-state index in [2.05, 4.69) is 9.97 Å². The average molecular weight is 426 g/mol. The van der Waals surface area contributed by atoms with Crippen LogP contribution in [0.3, 0.4) is 0 Å². The van der Waals surface area contributed by atoms with Crippen molar-refractivity contribution in [1.82, 2.24) is 14.9 Å². The summed E-state index contributed by atoms with van der Waals surface area (Å²) in [6, 6.07) is 6.07. The van der Waals surface area contributed by atoms with Crippen molar-refractivity contribution in [2.24, 2.45) is 0 Å². The molecule has 152 valence electrons. The van der Waals surface area contributed by atoms with Crippen LogP contribution in [0.4, 0.5) is 27.6 Å². The van der Waals surface area contributed by atoms with Crippen LogP contribution in [-0.2, 0) is 6.54 Å². The molecule has 0 radical (unpaired) electrons. The second-order valence-electron chi connectivity index (χ2n) is 6.58. The van der Waals surface area contributed by atoms with Crippen molar-refractivity contribution in [1.29, 1.82) is 0 Å². The quantitative estimate of drug-likeness (QED) is 0.462. The minimum Gasteiger partial charge on any atom is -0.364 e. The Balaban J connectivity index is 1.41. The number of aromatic nitrogens is 2. The molecule has 0 atom stereocenters. The van der Waals surface area contributed by atoms with Crippen molar-refractivity contribution in [3.05, 3.63) is 64.7 Å². The molecule has 0 bridgehead atoms. The Morgan fingerprint density at radius 2 is 1.45 bits per heavy atom. The zero-order valence-electron chi connectivity index (χ0n) is 15.0. The van der Waals surface area contributed by atoms with Gasteiger partial charge in [-0.25, -0.2) is 9.37 Å². The van der Waals surface area contributed by atoms with Gasteiger partial charge in [-0.3, -0.25) is 4.90 Å². The Morgan fingerprint density at radius 1 is 0.828 bits per heavy atom. The Morgan fingerprint density at radius 3 is 2.07 bits per heavy atom. The SMILES string of the molecule is Fc1ccc(-c2nc(CN3CCN(c4c(F)c(F)nc(F)c4F)CC3)cs2)cc1. The van der Waals surface area contributed by atoms with E-state index in [-0.39, 0.29) is 18.9 Å². The Kier molecular flexibility index (Phi) is 5.46. The van der Waals surface area contributed by atoms with Gasteiger partial charge >= 0.3 is 0 Å². The van der Waals surface area contributed by atoms with Crippen LogP contribution in [0.2, 0.25) is 0 Å². The lowest BCUT2D eigenvalue weighted by Crippen LogP contribution is -2.46. The fourth-order valence-electron chi connectivity index (χ4n) is 3.22. The van der Waals surface area contributed by atoms with Gasteiger partial charge in [-0.2, -0.15) is 22.5 Å². The summed E-state index contributed by atoms with van der Waals surface area (Å²) in [7, 11) is 0. The van der Waals surface area contributed by atoms with Crippen LogP contribution >= 0.6 is 11.3 Å². The Labute approximate surface area is 167 Å². The largest absolute Gasteiger partial charge is 0.364 e. The fourth-order valence-corrected chi connectivity index (χ4v) is 4.03. The first kappa shape index (κ1) is 19.7. The number of pyridine rings is 1. The van der Waals surface area contributed by atoms with Crippen LogP contribution in [0.25, 0.3) is 10.6 Å². The lowest BCUT2D eigenvalue weighted by atomic mass is 10.2. The Hall–Kier alpha value is -2.59. The summed E-state index contributed by atoms with van der Waals surface area (Å²) in [6.07, 6.45) is 0. The van der Waals surface area contributed by atoms with Crippen molar-refractivity contribution < 1.29 is 22.0 Å². The molecule has 4 rings (SSSR count). The van der Waals surface area contributed by atoms with Gasteiger partial charge in [0.2, 0.25) is 11.6 Å². The van der Waals surface area contributed by atoms with Crippen molar-refractivity contribution in [3.8, 4) is 10.6 Å². The van der Waals surface area contributed by atoms with E-state index in [4.69, 9.17) is 0 Å². The monoisotopic (exact) mass is 426 g/mol. The number of halogens is 5. The third-order valence-corrected chi connectivity index (χ3v) is 5.63. The summed E-state index contributed by atoms with van der Waals surface area (Å²) >= 11 is 1.44. The smallest absolute Gasteiger partial charge is 0.253 e. The number of hydrogen-bond acceptors (Lipinski definition) is 5. The van der Waals surface area contributed by atoms with Gasteiger partial charge in [-0.1, -0.05) is 0 Å². The molecule has 1 aliphatic rings. The van der Waals surface area contributed by atoms with E-state index in [1.807, 2.05) is 10.3 Å². The number of rotatable bonds is 4. The molecule has 29 heavy (non-hydrogen) atoms. The van der Waals surface area contributed by atoms with Gasteiger partial charge in [0.1, 0.15) is 16.5 Å². The van der Waals surface area contributed by atoms with E-state index in [9.17, 15) is 22.0 Å². The number of thiazole rings is 1. The second-order valence-corrected chi connectivity index (χ2v) is 7.44. The van der Waals surface area contributed by atoms with Gasteiger partial charge in [0.05, 0.1) is 5.69 Å². The first-order valence-corrected chi connectivity index (χ1v) is 9.68. The molecule has 0 amide bonds. The molecule has 0 unspecified atom stereocenters. The van der Waals surface area contributed by atoms with Crippen molar-refractivity contribution in [2.75, 3.05) is 31.1 Å². The number of nitrogens with zero attached hydrogens (tertiary/aromatic N) is 4. The molecule has 3 heterocycles. The molecule has 1 aliphatic heterocycles. The molecule has 1 aromatic carbocycles. The summed E-state index contributed by atoms with van der Waals surface area (Å²) in [6.45, 7) is 1.80. The number of piperazine rings is 1. The molecular weight excluding hydrogens is 411 g/mol. The van der Waals surface area contributed by atoms with E-state index in [0.717, 1.165) is 16.3 Å². The highest BCUT2D eigenvalue weighted by atomic mass is 32.1. The maximum absolute atomic E-state index is 13.9. The standard InChI is InChI=1S/C19H15F5N4S/c20-12-3-1-11(2-4-12)19-25-13(10-29-19)9-27-5-7-28(8-6-27)16-14(21)17(23)26-18(24)15(16)22/h1-4,10H,5-9H2. The van der Waals surface area contributed by atoms with Gasteiger partial charge < -0.3 is 4.90 Å². The normalized spacial score (nSPS) is 15.1.